The Kier molecular flexibility index (Phi) is 5.17. The van der Waals surface area contributed by atoms with Crippen molar-refractivity contribution in [1.29, 1.82) is 0 Å². The van der Waals surface area contributed by atoms with Gasteiger partial charge >= 0.3 is 0 Å². The molecule has 1 heterocycles. The van der Waals surface area contributed by atoms with Crippen LogP contribution in [0.5, 0.6) is 0 Å². The van der Waals surface area contributed by atoms with Crippen LogP contribution in [-0.2, 0) is 0 Å². The van der Waals surface area contributed by atoms with Crippen LogP contribution in [0.1, 0.15) is 11.6 Å². The average Bonchev–Trinajstić information content (AvgIpc) is 2.50. The van der Waals surface area contributed by atoms with Gasteiger partial charge in [-0.25, -0.2) is 13.8 Å². The lowest BCUT2D eigenvalue weighted by atomic mass is 10.0. The summed E-state index contributed by atoms with van der Waals surface area (Å²) in [6, 6.07) is 5.92. The topological polar surface area (TPSA) is 71.3 Å². The molecule has 2 rings (SSSR count). The Morgan fingerprint density at radius 2 is 1.91 bits per heavy atom. The summed E-state index contributed by atoms with van der Waals surface area (Å²) in [5.74, 6) is -0.858. The van der Waals surface area contributed by atoms with Crippen LogP contribution < -0.4 is 5.32 Å². The maximum Gasteiger partial charge on any atom is 0.287 e. The van der Waals surface area contributed by atoms with E-state index in [1.807, 2.05) is 0 Å². The van der Waals surface area contributed by atoms with Gasteiger partial charge in [0.15, 0.2) is 0 Å². The lowest BCUT2D eigenvalue weighted by molar-refractivity contribution is -0.385. The lowest BCUT2D eigenvalue weighted by Crippen LogP contribution is -2.28. The normalized spacial score (nSPS) is 12.2. The molecule has 1 N–H and O–H groups in total. The number of nitrogens with zero attached hydrogens (tertiary/aromatic N) is 3. The van der Waals surface area contributed by atoms with Crippen LogP contribution >= 0.6 is 0 Å². The Labute approximate surface area is 131 Å². The van der Waals surface area contributed by atoms with Gasteiger partial charge in [0.05, 0.1) is 11.0 Å². The van der Waals surface area contributed by atoms with E-state index in [1.54, 1.807) is 19.0 Å². The molecule has 0 bridgehead atoms. The Morgan fingerprint density at radius 3 is 2.39 bits per heavy atom. The van der Waals surface area contributed by atoms with Crippen LogP contribution in [0.4, 0.5) is 20.3 Å². The van der Waals surface area contributed by atoms with Gasteiger partial charge in [-0.2, -0.15) is 0 Å². The van der Waals surface area contributed by atoms with Crippen LogP contribution in [0.25, 0.3) is 0 Å². The van der Waals surface area contributed by atoms with E-state index in [4.69, 9.17) is 0 Å². The quantitative estimate of drug-likeness (QED) is 0.654. The minimum absolute atomic E-state index is 0.0353. The SMILES string of the molecule is CN(C)C(CNc1ccc([N+](=O)[O-])cn1)c1c(F)cccc1F. The molecular weight excluding hydrogens is 306 g/mol. The predicted molar refractivity (Wildman–Crippen MR) is 82.2 cm³/mol. The van der Waals surface area contributed by atoms with Crippen molar-refractivity contribution in [2.45, 2.75) is 6.04 Å². The molecule has 0 aliphatic rings. The van der Waals surface area contributed by atoms with Gasteiger partial charge in [0.2, 0.25) is 0 Å². The first-order chi connectivity index (χ1) is 10.9. The average molecular weight is 322 g/mol. The fourth-order valence-electron chi connectivity index (χ4n) is 2.17. The molecule has 0 radical (unpaired) electrons. The first-order valence-electron chi connectivity index (χ1n) is 6.85. The Morgan fingerprint density at radius 1 is 1.26 bits per heavy atom. The largest absolute Gasteiger partial charge is 0.368 e. The summed E-state index contributed by atoms with van der Waals surface area (Å²) in [5, 5.41) is 13.5. The van der Waals surface area contributed by atoms with Gasteiger partial charge in [0.1, 0.15) is 23.6 Å². The predicted octanol–water partition coefficient (Wildman–Crippen LogP) is 2.98. The molecule has 1 aromatic heterocycles. The molecule has 1 atom stereocenters. The number of hydrogen-bond acceptors (Lipinski definition) is 5. The van der Waals surface area contributed by atoms with Gasteiger partial charge in [0.25, 0.3) is 5.69 Å². The summed E-state index contributed by atoms with van der Waals surface area (Å²) in [7, 11) is 3.42. The number of pyridine rings is 1. The molecule has 0 amide bonds. The maximum atomic E-state index is 13.9. The Hall–Kier alpha value is -2.61. The number of likely N-dealkylation sites (N-methyl/N-ethyl adjacent to an activating group) is 1. The standard InChI is InChI=1S/C15H16F2N4O2/c1-20(2)13(15-11(16)4-3-5-12(15)17)9-19-14-7-6-10(8-18-14)21(22)23/h3-8,13H,9H2,1-2H3,(H,18,19). The highest BCUT2D eigenvalue weighted by atomic mass is 19.1. The number of nitrogens with one attached hydrogen (secondary N) is 1. The molecule has 0 spiro atoms. The molecule has 23 heavy (non-hydrogen) atoms. The van der Waals surface area contributed by atoms with E-state index in [0.717, 1.165) is 6.20 Å². The van der Waals surface area contributed by atoms with Crippen molar-refractivity contribution in [3.8, 4) is 0 Å². The summed E-state index contributed by atoms with van der Waals surface area (Å²) in [5.41, 5.74) is -0.160. The number of aromatic nitrogens is 1. The third-order valence-electron chi connectivity index (χ3n) is 3.39. The summed E-state index contributed by atoms with van der Waals surface area (Å²) in [6.45, 7) is 0.190. The number of halogens is 2. The second-order valence-electron chi connectivity index (χ2n) is 5.15. The highest BCUT2D eigenvalue weighted by Crippen LogP contribution is 2.25. The fraction of sp³-hybridized carbons (Fsp3) is 0.267. The first-order valence-corrected chi connectivity index (χ1v) is 6.85. The van der Waals surface area contributed by atoms with Crippen molar-refractivity contribution in [3.63, 3.8) is 0 Å². The van der Waals surface area contributed by atoms with E-state index in [1.165, 1.54) is 30.3 Å². The Bertz CT molecular complexity index is 672. The molecule has 0 saturated heterocycles. The van der Waals surface area contributed by atoms with Crippen LogP contribution in [0.3, 0.4) is 0 Å². The number of anilines is 1. The van der Waals surface area contributed by atoms with Crippen molar-refractivity contribution in [1.82, 2.24) is 9.88 Å². The molecule has 2 aromatic rings. The molecule has 6 nitrogen and oxygen atoms in total. The van der Waals surface area contributed by atoms with E-state index in [9.17, 15) is 18.9 Å². The molecule has 0 saturated carbocycles. The van der Waals surface area contributed by atoms with E-state index >= 15 is 0 Å². The maximum absolute atomic E-state index is 13.9. The highest BCUT2D eigenvalue weighted by Gasteiger charge is 2.22. The van der Waals surface area contributed by atoms with Gasteiger partial charge in [-0.15, -0.1) is 0 Å². The summed E-state index contributed by atoms with van der Waals surface area (Å²) >= 11 is 0. The highest BCUT2D eigenvalue weighted by molar-refractivity contribution is 5.40. The molecule has 0 aliphatic heterocycles. The molecule has 8 heteroatoms. The van der Waals surface area contributed by atoms with Gasteiger partial charge in [-0.1, -0.05) is 6.07 Å². The monoisotopic (exact) mass is 322 g/mol. The second kappa shape index (κ2) is 7.10. The number of hydrogen-bond donors (Lipinski definition) is 1. The molecule has 122 valence electrons. The van der Waals surface area contributed by atoms with E-state index in [0.29, 0.717) is 5.82 Å². The van der Waals surface area contributed by atoms with Crippen LogP contribution in [0, 0.1) is 21.7 Å². The van der Waals surface area contributed by atoms with E-state index < -0.39 is 22.6 Å². The van der Waals surface area contributed by atoms with Crippen molar-refractivity contribution < 1.29 is 13.7 Å². The van der Waals surface area contributed by atoms with Crippen molar-refractivity contribution >= 4 is 11.5 Å². The van der Waals surface area contributed by atoms with Crippen LogP contribution in [0.2, 0.25) is 0 Å². The van der Waals surface area contributed by atoms with Crippen molar-refractivity contribution in [3.05, 3.63) is 63.8 Å². The van der Waals surface area contributed by atoms with Gasteiger partial charge in [0, 0.05) is 18.2 Å². The molecule has 1 unspecified atom stereocenters. The molecular formula is C15H16F2N4O2. The summed E-state index contributed by atoms with van der Waals surface area (Å²) in [6.07, 6.45) is 1.12. The van der Waals surface area contributed by atoms with Crippen molar-refractivity contribution in [2.75, 3.05) is 26.0 Å². The van der Waals surface area contributed by atoms with Gasteiger partial charge < -0.3 is 10.2 Å². The third-order valence-corrected chi connectivity index (χ3v) is 3.39. The van der Waals surface area contributed by atoms with E-state index in [-0.39, 0.29) is 17.8 Å². The first kappa shape index (κ1) is 16.8. The zero-order chi connectivity index (χ0) is 17.0. The zero-order valence-corrected chi connectivity index (χ0v) is 12.7. The third kappa shape index (κ3) is 3.98. The van der Waals surface area contributed by atoms with Gasteiger partial charge in [-0.05, 0) is 32.3 Å². The zero-order valence-electron chi connectivity index (χ0n) is 12.7. The molecule has 0 fully saturated rings. The summed E-state index contributed by atoms with van der Waals surface area (Å²) in [4.78, 5) is 15.6. The smallest absolute Gasteiger partial charge is 0.287 e. The summed E-state index contributed by atoms with van der Waals surface area (Å²) < 4.78 is 27.9. The number of benzene rings is 1. The second-order valence-corrected chi connectivity index (χ2v) is 5.15. The number of rotatable bonds is 6. The van der Waals surface area contributed by atoms with Crippen LogP contribution in [-0.4, -0.2) is 35.4 Å². The number of nitro groups is 1. The molecule has 1 aromatic carbocycles. The molecule has 0 aliphatic carbocycles. The lowest BCUT2D eigenvalue weighted by Gasteiger charge is -2.26. The minimum atomic E-state index is -0.623. The van der Waals surface area contributed by atoms with Gasteiger partial charge in [-0.3, -0.25) is 10.1 Å². The van der Waals surface area contributed by atoms with E-state index in [2.05, 4.69) is 10.3 Å². The van der Waals surface area contributed by atoms with Crippen molar-refractivity contribution in [2.24, 2.45) is 0 Å². The fourth-order valence-corrected chi connectivity index (χ4v) is 2.17. The van der Waals surface area contributed by atoms with Crippen LogP contribution in [0.15, 0.2) is 36.5 Å². The Balaban J connectivity index is 2.16. The minimum Gasteiger partial charge on any atom is -0.368 e.